The Kier molecular flexibility index (Phi) is 5.85. The van der Waals surface area contributed by atoms with Gasteiger partial charge >= 0.3 is 0 Å². The highest BCUT2D eigenvalue weighted by Crippen LogP contribution is 2.27. The van der Waals surface area contributed by atoms with Crippen LogP contribution < -0.4 is 5.32 Å². The highest BCUT2D eigenvalue weighted by molar-refractivity contribution is 5.79. The molecular weight excluding hydrogens is 296 g/mol. The lowest BCUT2D eigenvalue weighted by Gasteiger charge is -2.36. The molecule has 7 heteroatoms. The Balaban J connectivity index is 1.32. The van der Waals surface area contributed by atoms with Crippen LogP contribution >= 0.6 is 0 Å². The number of nitrogens with zero attached hydrogens (tertiary/aromatic N) is 3. The average Bonchev–Trinajstić information content (AvgIpc) is 3.40. The molecule has 3 fully saturated rings. The quantitative estimate of drug-likeness (QED) is 0.678. The van der Waals surface area contributed by atoms with Gasteiger partial charge in [-0.05, 0) is 25.3 Å². The highest BCUT2D eigenvalue weighted by Gasteiger charge is 2.25. The van der Waals surface area contributed by atoms with Crippen LogP contribution in [0.2, 0.25) is 0 Å². The minimum atomic E-state index is 0.180. The molecule has 2 saturated heterocycles. The van der Waals surface area contributed by atoms with Gasteiger partial charge in [-0.2, -0.15) is 0 Å². The summed E-state index contributed by atoms with van der Waals surface area (Å²) in [7, 11) is 0. The van der Waals surface area contributed by atoms with E-state index in [0.29, 0.717) is 39.4 Å². The first-order valence-electron chi connectivity index (χ1n) is 8.79. The Labute approximate surface area is 137 Å². The maximum absolute atomic E-state index is 12.2. The average molecular weight is 324 g/mol. The van der Waals surface area contributed by atoms with Gasteiger partial charge in [0.15, 0.2) is 0 Å². The number of hydrogen-bond donors (Lipinski definition) is 1. The second-order valence-corrected chi connectivity index (χ2v) is 6.72. The predicted octanol–water partition coefficient (Wildman–Crippen LogP) is -1.01. The van der Waals surface area contributed by atoms with Crippen molar-refractivity contribution in [3.05, 3.63) is 0 Å². The number of nitrogens with one attached hydrogen (secondary N) is 1. The maximum atomic E-state index is 12.2. The predicted molar refractivity (Wildman–Crippen MR) is 86.0 cm³/mol. The number of ether oxygens (including phenoxy) is 1. The van der Waals surface area contributed by atoms with Gasteiger partial charge in [0, 0.05) is 39.3 Å². The number of piperazine rings is 1. The summed E-state index contributed by atoms with van der Waals surface area (Å²) in [6.45, 7) is 7.57. The number of hydrogen-bond acceptors (Lipinski definition) is 5. The molecule has 1 saturated carbocycles. The fourth-order valence-corrected chi connectivity index (χ4v) is 3.08. The van der Waals surface area contributed by atoms with Crippen molar-refractivity contribution in [3.63, 3.8) is 0 Å². The lowest BCUT2D eigenvalue weighted by molar-refractivity contribution is -0.137. The fourth-order valence-electron chi connectivity index (χ4n) is 3.08. The summed E-state index contributed by atoms with van der Waals surface area (Å²) < 4.78 is 5.27. The molecule has 23 heavy (non-hydrogen) atoms. The van der Waals surface area contributed by atoms with Gasteiger partial charge in [0.25, 0.3) is 0 Å². The molecule has 2 heterocycles. The van der Waals surface area contributed by atoms with E-state index >= 15 is 0 Å². The van der Waals surface area contributed by atoms with Gasteiger partial charge in [0.05, 0.1) is 26.3 Å². The second-order valence-electron chi connectivity index (χ2n) is 6.72. The largest absolute Gasteiger partial charge is 0.378 e. The summed E-state index contributed by atoms with van der Waals surface area (Å²) in [4.78, 5) is 30.3. The van der Waals surface area contributed by atoms with Crippen molar-refractivity contribution in [1.82, 2.24) is 20.0 Å². The van der Waals surface area contributed by atoms with Crippen LogP contribution in [0.5, 0.6) is 0 Å². The Morgan fingerprint density at radius 2 is 1.57 bits per heavy atom. The number of morpholine rings is 1. The highest BCUT2D eigenvalue weighted by atomic mass is 16.5. The van der Waals surface area contributed by atoms with Crippen LogP contribution in [0.25, 0.3) is 0 Å². The molecule has 1 N–H and O–H groups in total. The fraction of sp³-hybridized carbons (Fsp3) is 0.875. The molecule has 0 aromatic heterocycles. The molecule has 130 valence electrons. The Morgan fingerprint density at radius 1 is 0.913 bits per heavy atom. The first-order chi connectivity index (χ1) is 11.2. The SMILES string of the molecule is O=C(CNCC1CC1)N1CCN(CC(=O)N2CCOCC2)CC1. The van der Waals surface area contributed by atoms with E-state index in [0.717, 1.165) is 38.6 Å². The monoisotopic (exact) mass is 324 g/mol. The van der Waals surface area contributed by atoms with E-state index in [2.05, 4.69) is 10.2 Å². The minimum absolute atomic E-state index is 0.180. The normalized spacial score (nSPS) is 23.1. The second kappa shape index (κ2) is 8.08. The molecule has 3 aliphatic rings. The zero-order valence-corrected chi connectivity index (χ0v) is 13.8. The van der Waals surface area contributed by atoms with Gasteiger partial charge in [-0.3, -0.25) is 14.5 Å². The number of carbonyl (C=O) groups excluding carboxylic acids is 2. The van der Waals surface area contributed by atoms with Crippen LogP contribution in [0.3, 0.4) is 0 Å². The first kappa shape index (κ1) is 16.7. The van der Waals surface area contributed by atoms with E-state index in [1.807, 2.05) is 9.80 Å². The van der Waals surface area contributed by atoms with E-state index in [4.69, 9.17) is 4.74 Å². The van der Waals surface area contributed by atoms with E-state index in [-0.39, 0.29) is 11.8 Å². The molecule has 2 aliphatic heterocycles. The molecule has 0 aromatic rings. The van der Waals surface area contributed by atoms with E-state index in [1.165, 1.54) is 12.8 Å². The van der Waals surface area contributed by atoms with Crippen molar-refractivity contribution in [2.45, 2.75) is 12.8 Å². The summed E-state index contributed by atoms with van der Waals surface area (Å²) in [5.74, 6) is 1.16. The van der Waals surface area contributed by atoms with Crippen LogP contribution in [0.1, 0.15) is 12.8 Å². The van der Waals surface area contributed by atoms with Crippen molar-refractivity contribution < 1.29 is 14.3 Å². The van der Waals surface area contributed by atoms with Gasteiger partial charge in [0.2, 0.25) is 11.8 Å². The smallest absolute Gasteiger partial charge is 0.236 e. The van der Waals surface area contributed by atoms with Crippen LogP contribution in [0.4, 0.5) is 0 Å². The topological polar surface area (TPSA) is 65.1 Å². The zero-order chi connectivity index (χ0) is 16.1. The summed E-state index contributed by atoms with van der Waals surface area (Å²) in [5.41, 5.74) is 0. The number of carbonyl (C=O) groups is 2. The van der Waals surface area contributed by atoms with E-state index < -0.39 is 0 Å². The van der Waals surface area contributed by atoms with Crippen LogP contribution in [-0.4, -0.2) is 98.6 Å². The van der Waals surface area contributed by atoms with E-state index in [1.54, 1.807) is 0 Å². The summed E-state index contributed by atoms with van der Waals surface area (Å²) in [5, 5.41) is 3.25. The Morgan fingerprint density at radius 3 is 2.22 bits per heavy atom. The maximum Gasteiger partial charge on any atom is 0.236 e. The van der Waals surface area contributed by atoms with Crippen molar-refractivity contribution in [2.24, 2.45) is 5.92 Å². The molecule has 0 aromatic carbocycles. The van der Waals surface area contributed by atoms with Crippen LogP contribution in [0.15, 0.2) is 0 Å². The van der Waals surface area contributed by atoms with Gasteiger partial charge in [-0.15, -0.1) is 0 Å². The summed E-state index contributed by atoms with van der Waals surface area (Å²) >= 11 is 0. The molecule has 1 aliphatic carbocycles. The van der Waals surface area contributed by atoms with Crippen LogP contribution in [-0.2, 0) is 14.3 Å². The summed E-state index contributed by atoms with van der Waals surface area (Å²) in [6, 6.07) is 0. The molecule has 0 atom stereocenters. The number of rotatable bonds is 6. The van der Waals surface area contributed by atoms with Gasteiger partial charge < -0.3 is 19.9 Å². The van der Waals surface area contributed by atoms with Crippen molar-refractivity contribution in [1.29, 1.82) is 0 Å². The molecule has 0 radical (unpaired) electrons. The molecule has 2 amide bonds. The van der Waals surface area contributed by atoms with E-state index in [9.17, 15) is 9.59 Å². The lowest BCUT2D eigenvalue weighted by atomic mass is 10.3. The first-order valence-corrected chi connectivity index (χ1v) is 8.79. The van der Waals surface area contributed by atoms with Crippen molar-refractivity contribution in [3.8, 4) is 0 Å². The summed E-state index contributed by atoms with van der Waals surface area (Å²) in [6.07, 6.45) is 2.61. The third-order valence-electron chi connectivity index (χ3n) is 4.85. The standard InChI is InChI=1S/C16H28N4O3/c21-15(12-17-11-14-1-2-14)19-5-3-18(4-6-19)13-16(22)20-7-9-23-10-8-20/h14,17H,1-13H2. The zero-order valence-electron chi connectivity index (χ0n) is 13.8. The Hall–Kier alpha value is -1.18. The van der Waals surface area contributed by atoms with Gasteiger partial charge in [-0.25, -0.2) is 0 Å². The van der Waals surface area contributed by atoms with Crippen molar-refractivity contribution in [2.75, 3.05) is 72.1 Å². The molecule has 3 rings (SSSR count). The minimum Gasteiger partial charge on any atom is -0.378 e. The van der Waals surface area contributed by atoms with Gasteiger partial charge in [0.1, 0.15) is 0 Å². The lowest BCUT2D eigenvalue weighted by Crippen LogP contribution is -2.53. The molecule has 7 nitrogen and oxygen atoms in total. The number of amides is 2. The van der Waals surface area contributed by atoms with Crippen LogP contribution in [0, 0.1) is 5.92 Å². The molecule has 0 bridgehead atoms. The molecular formula is C16H28N4O3. The third-order valence-corrected chi connectivity index (χ3v) is 4.85. The van der Waals surface area contributed by atoms with Crippen molar-refractivity contribution >= 4 is 11.8 Å². The third kappa shape index (κ3) is 5.16. The molecule has 0 spiro atoms. The Bertz CT molecular complexity index is 414. The van der Waals surface area contributed by atoms with Gasteiger partial charge in [-0.1, -0.05) is 0 Å². The molecule has 0 unspecified atom stereocenters.